The van der Waals surface area contributed by atoms with E-state index >= 15 is 0 Å². The van der Waals surface area contributed by atoms with Crippen LogP contribution in [0.3, 0.4) is 0 Å². The van der Waals surface area contributed by atoms with Crippen LogP contribution in [0.1, 0.15) is 24.2 Å². The summed E-state index contributed by atoms with van der Waals surface area (Å²) < 4.78 is 18.3. The fraction of sp³-hybridized carbons (Fsp3) is 0.238. The molecule has 1 amide bonds. The SMILES string of the molecule is CCOc1ccc(C(=O)Nc2cnn(COc3cccc(Cl)c3)c2)cc1OCC. The summed E-state index contributed by atoms with van der Waals surface area (Å²) in [7, 11) is 0. The Hall–Kier alpha value is -3.19. The second-order valence-corrected chi connectivity index (χ2v) is 6.42. The number of nitrogens with zero attached hydrogens (tertiary/aromatic N) is 2. The highest BCUT2D eigenvalue weighted by atomic mass is 35.5. The van der Waals surface area contributed by atoms with Crippen molar-refractivity contribution in [3.8, 4) is 17.2 Å². The van der Waals surface area contributed by atoms with Crippen molar-refractivity contribution in [1.82, 2.24) is 9.78 Å². The topological polar surface area (TPSA) is 74.6 Å². The van der Waals surface area contributed by atoms with E-state index in [0.717, 1.165) is 0 Å². The lowest BCUT2D eigenvalue weighted by Crippen LogP contribution is -2.12. The first-order chi connectivity index (χ1) is 14.1. The van der Waals surface area contributed by atoms with Gasteiger partial charge in [0.2, 0.25) is 0 Å². The fourth-order valence-electron chi connectivity index (χ4n) is 2.59. The summed E-state index contributed by atoms with van der Waals surface area (Å²) >= 11 is 5.94. The summed E-state index contributed by atoms with van der Waals surface area (Å²) in [6, 6.07) is 12.2. The Bertz CT molecular complexity index is 974. The molecule has 0 fully saturated rings. The number of aromatic nitrogens is 2. The minimum atomic E-state index is -0.274. The molecule has 0 atom stereocenters. The lowest BCUT2D eigenvalue weighted by Gasteiger charge is -2.12. The number of halogens is 1. The lowest BCUT2D eigenvalue weighted by molar-refractivity contribution is 0.102. The van der Waals surface area contributed by atoms with Crippen LogP contribution in [0.4, 0.5) is 5.69 Å². The second kappa shape index (κ2) is 9.84. The van der Waals surface area contributed by atoms with Crippen LogP contribution < -0.4 is 19.5 Å². The zero-order valence-corrected chi connectivity index (χ0v) is 17.0. The van der Waals surface area contributed by atoms with E-state index in [0.29, 0.717) is 46.7 Å². The summed E-state index contributed by atoms with van der Waals surface area (Å²) in [4.78, 5) is 12.6. The van der Waals surface area contributed by atoms with Crippen molar-refractivity contribution in [2.75, 3.05) is 18.5 Å². The number of ether oxygens (including phenoxy) is 3. The maximum Gasteiger partial charge on any atom is 0.255 e. The summed E-state index contributed by atoms with van der Waals surface area (Å²) in [6.07, 6.45) is 3.23. The molecule has 0 aliphatic heterocycles. The van der Waals surface area contributed by atoms with Crippen LogP contribution in [-0.4, -0.2) is 28.9 Å². The molecule has 0 spiro atoms. The molecule has 152 valence electrons. The molecule has 0 radical (unpaired) electrons. The number of carbonyl (C=O) groups is 1. The molecule has 29 heavy (non-hydrogen) atoms. The van der Waals surface area contributed by atoms with Gasteiger partial charge in [-0.3, -0.25) is 4.79 Å². The van der Waals surface area contributed by atoms with Crippen LogP contribution in [-0.2, 0) is 6.73 Å². The average Bonchev–Trinajstić information content (AvgIpc) is 3.15. The Kier molecular flexibility index (Phi) is 6.97. The molecule has 0 saturated carbocycles. The maximum atomic E-state index is 12.6. The first-order valence-corrected chi connectivity index (χ1v) is 9.58. The Balaban J connectivity index is 1.63. The van der Waals surface area contributed by atoms with E-state index in [-0.39, 0.29) is 12.6 Å². The molecule has 0 unspecified atom stereocenters. The molecular formula is C21H22ClN3O4. The van der Waals surface area contributed by atoms with E-state index in [1.807, 2.05) is 13.8 Å². The Morgan fingerprint density at radius 3 is 2.62 bits per heavy atom. The van der Waals surface area contributed by atoms with Crippen molar-refractivity contribution in [2.45, 2.75) is 20.6 Å². The van der Waals surface area contributed by atoms with Gasteiger partial charge in [0, 0.05) is 10.6 Å². The van der Waals surface area contributed by atoms with Crippen molar-refractivity contribution in [3.63, 3.8) is 0 Å². The Morgan fingerprint density at radius 1 is 1.07 bits per heavy atom. The lowest BCUT2D eigenvalue weighted by atomic mass is 10.2. The number of hydrogen-bond acceptors (Lipinski definition) is 5. The van der Waals surface area contributed by atoms with E-state index in [4.69, 9.17) is 25.8 Å². The van der Waals surface area contributed by atoms with Gasteiger partial charge in [0.15, 0.2) is 18.2 Å². The number of hydrogen-bond donors (Lipinski definition) is 1. The third-order valence-electron chi connectivity index (χ3n) is 3.86. The predicted molar refractivity (Wildman–Crippen MR) is 111 cm³/mol. The average molecular weight is 416 g/mol. The Labute approximate surface area is 174 Å². The summed E-state index contributed by atoms with van der Waals surface area (Å²) in [5, 5.41) is 7.59. The molecule has 0 aliphatic carbocycles. The molecule has 3 rings (SSSR count). The first-order valence-electron chi connectivity index (χ1n) is 9.21. The molecule has 1 heterocycles. The normalized spacial score (nSPS) is 10.4. The van der Waals surface area contributed by atoms with Gasteiger partial charge in [-0.15, -0.1) is 0 Å². The van der Waals surface area contributed by atoms with Crippen LogP contribution in [0.2, 0.25) is 5.02 Å². The van der Waals surface area contributed by atoms with Gasteiger partial charge in [-0.25, -0.2) is 4.68 Å². The van der Waals surface area contributed by atoms with Crippen LogP contribution in [0, 0.1) is 0 Å². The molecular weight excluding hydrogens is 394 g/mol. The third-order valence-corrected chi connectivity index (χ3v) is 4.09. The molecule has 0 aliphatic rings. The molecule has 0 bridgehead atoms. The van der Waals surface area contributed by atoms with Crippen molar-refractivity contribution in [3.05, 3.63) is 65.4 Å². The zero-order chi connectivity index (χ0) is 20.6. The van der Waals surface area contributed by atoms with Crippen molar-refractivity contribution in [1.29, 1.82) is 0 Å². The van der Waals surface area contributed by atoms with Gasteiger partial charge >= 0.3 is 0 Å². The standard InChI is InChI=1S/C21H22ClN3O4/c1-3-27-19-9-8-15(10-20(19)28-4-2)21(26)24-17-12-23-25(13-17)14-29-18-7-5-6-16(22)11-18/h5-13H,3-4,14H2,1-2H3,(H,24,26). The summed E-state index contributed by atoms with van der Waals surface area (Å²) in [6.45, 7) is 4.95. The molecule has 8 heteroatoms. The minimum absolute atomic E-state index is 0.188. The smallest absolute Gasteiger partial charge is 0.255 e. The highest BCUT2D eigenvalue weighted by molar-refractivity contribution is 6.30. The molecule has 7 nitrogen and oxygen atoms in total. The number of benzene rings is 2. The molecule has 3 aromatic rings. The van der Waals surface area contributed by atoms with Crippen LogP contribution in [0.15, 0.2) is 54.9 Å². The van der Waals surface area contributed by atoms with Gasteiger partial charge in [-0.05, 0) is 50.2 Å². The van der Waals surface area contributed by atoms with Gasteiger partial charge in [0.25, 0.3) is 5.91 Å². The molecule has 1 aromatic heterocycles. The van der Waals surface area contributed by atoms with Crippen molar-refractivity contribution < 1.29 is 19.0 Å². The second-order valence-electron chi connectivity index (χ2n) is 5.98. The van der Waals surface area contributed by atoms with E-state index in [9.17, 15) is 4.79 Å². The van der Waals surface area contributed by atoms with Gasteiger partial charge < -0.3 is 19.5 Å². The highest BCUT2D eigenvalue weighted by Gasteiger charge is 2.12. The van der Waals surface area contributed by atoms with Gasteiger partial charge in [-0.1, -0.05) is 17.7 Å². The summed E-state index contributed by atoms with van der Waals surface area (Å²) in [5.41, 5.74) is 1.01. The van der Waals surface area contributed by atoms with Crippen LogP contribution in [0.5, 0.6) is 17.2 Å². The van der Waals surface area contributed by atoms with Crippen LogP contribution >= 0.6 is 11.6 Å². The number of rotatable bonds is 9. The fourth-order valence-corrected chi connectivity index (χ4v) is 2.77. The maximum absolute atomic E-state index is 12.6. The third kappa shape index (κ3) is 5.65. The number of amides is 1. The quantitative estimate of drug-likeness (QED) is 0.551. The molecule has 2 aromatic carbocycles. The van der Waals surface area contributed by atoms with Gasteiger partial charge in [-0.2, -0.15) is 5.10 Å². The van der Waals surface area contributed by atoms with Gasteiger partial charge in [0.1, 0.15) is 5.75 Å². The van der Waals surface area contributed by atoms with Gasteiger partial charge in [0.05, 0.1) is 31.3 Å². The first kappa shape index (κ1) is 20.5. The summed E-state index contributed by atoms with van der Waals surface area (Å²) in [5.74, 6) is 1.50. The molecule has 1 N–H and O–H groups in total. The number of anilines is 1. The zero-order valence-electron chi connectivity index (χ0n) is 16.2. The largest absolute Gasteiger partial charge is 0.490 e. The van der Waals surface area contributed by atoms with E-state index in [1.165, 1.54) is 0 Å². The number of nitrogens with one attached hydrogen (secondary N) is 1. The molecule has 0 saturated heterocycles. The van der Waals surface area contributed by atoms with Crippen molar-refractivity contribution in [2.24, 2.45) is 0 Å². The minimum Gasteiger partial charge on any atom is -0.490 e. The monoisotopic (exact) mass is 415 g/mol. The van der Waals surface area contributed by atoms with E-state index in [2.05, 4.69) is 10.4 Å². The van der Waals surface area contributed by atoms with Crippen molar-refractivity contribution >= 4 is 23.2 Å². The number of carbonyl (C=O) groups excluding carboxylic acids is 1. The predicted octanol–water partition coefficient (Wildman–Crippen LogP) is 4.62. The van der Waals surface area contributed by atoms with E-state index < -0.39 is 0 Å². The van der Waals surface area contributed by atoms with Crippen LogP contribution in [0.25, 0.3) is 0 Å². The van der Waals surface area contributed by atoms with E-state index in [1.54, 1.807) is 59.5 Å². The highest BCUT2D eigenvalue weighted by Crippen LogP contribution is 2.29. The Morgan fingerprint density at radius 2 is 1.86 bits per heavy atom.